The average Bonchev–Trinajstić information content (AvgIpc) is 2.85. The van der Waals surface area contributed by atoms with Gasteiger partial charge in [0.25, 0.3) is 5.91 Å². The van der Waals surface area contributed by atoms with E-state index in [2.05, 4.69) is 10.6 Å². The van der Waals surface area contributed by atoms with Gasteiger partial charge in [-0.3, -0.25) is 19.2 Å². The summed E-state index contributed by atoms with van der Waals surface area (Å²) in [6, 6.07) is -0.679. The Labute approximate surface area is 216 Å². The summed E-state index contributed by atoms with van der Waals surface area (Å²) in [5.41, 5.74) is 5.79. The number of Topliss-reactive ketones (excluding diaryl/α,β-unsaturated/α-hetero) is 2. The summed E-state index contributed by atoms with van der Waals surface area (Å²) in [6.07, 6.45) is 0.273. The minimum Gasteiger partial charge on any atom is -0.508 e. The van der Waals surface area contributed by atoms with E-state index in [-0.39, 0.29) is 36.7 Å². The van der Waals surface area contributed by atoms with Gasteiger partial charge in [0.2, 0.25) is 11.7 Å². The van der Waals surface area contributed by atoms with E-state index in [0.717, 1.165) is 12.5 Å². The zero-order valence-corrected chi connectivity index (χ0v) is 20.7. The molecule has 0 saturated heterocycles. The van der Waals surface area contributed by atoms with Crippen LogP contribution in [0.4, 0.5) is 10.1 Å². The van der Waals surface area contributed by atoms with Crippen LogP contribution < -0.4 is 22.1 Å². The predicted molar refractivity (Wildman–Crippen MR) is 131 cm³/mol. The first kappa shape index (κ1) is 27.2. The lowest BCUT2D eigenvalue weighted by Gasteiger charge is -2.48. The Kier molecular flexibility index (Phi) is 6.80. The Morgan fingerprint density at radius 1 is 1.26 bits per heavy atom. The Bertz CT molecular complexity index is 1340. The molecule has 0 bridgehead atoms. The Morgan fingerprint density at radius 3 is 2.53 bits per heavy atom. The first-order chi connectivity index (χ1) is 17.7. The number of aliphatic hydroxyl groups is 3. The normalized spacial score (nSPS) is 27.4. The summed E-state index contributed by atoms with van der Waals surface area (Å²) in [6.45, 7) is 3.64. The molecule has 1 fully saturated rings. The van der Waals surface area contributed by atoms with Gasteiger partial charge in [-0.05, 0) is 32.1 Å². The number of phenols is 1. The number of aliphatic hydroxyl groups excluding tert-OH is 2. The van der Waals surface area contributed by atoms with Crippen LogP contribution in [0.15, 0.2) is 23.0 Å². The van der Waals surface area contributed by atoms with Crippen molar-refractivity contribution in [3.8, 4) is 5.75 Å². The van der Waals surface area contributed by atoms with Gasteiger partial charge < -0.3 is 42.5 Å². The van der Waals surface area contributed by atoms with Gasteiger partial charge in [-0.1, -0.05) is 6.92 Å². The second-order valence-electron chi connectivity index (χ2n) is 9.93. The topological polar surface area (TPSA) is 225 Å². The van der Waals surface area contributed by atoms with E-state index < -0.39 is 86.7 Å². The first-order valence-electron chi connectivity index (χ1n) is 12.1. The van der Waals surface area contributed by atoms with Crippen molar-refractivity contribution in [2.45, 2.75) is 50.8 Å². The fourth-order valence-corrected chi connectivity index (χ4v) is 5.44. The largest absolute Gasteiger partial charge is 0.508 e. The monoisotopic (exact) mass is 532 g/mol. The fourth-order valence-electron chi connectivity index (χ4n) is 5.44. The van der Waals surface area contributed by atoms with Gasteiger partial charge in [0.15, 0.2) is 17.1 Å². The highest BCUT2D eigenvalue weighted by Crippen LogP contribution is 2.52. The number of aromatic hydroxyl groups is 1. The SMILES string of the molecule is CC[C@H](C)NCC(=O)Nc1cc(F)c2c(c1O)C(O)=C1C(=O)[C@]3(O)C(O)=C(C(N)=O)C(=O)[C@@H](N)[C@@H]3C[C@@H]1C2. The second kappa shape index (κ2) is 9.49. The van der Waals surface area contributed by atoms with Crippen LogP contribution in [0.25, 0.3) is 5.76 Å². The lowest BCUT2D eigenvalue weighted by molar-refractivity contribution is -0.149. The molecule has 1 saturated carbocycles. The van der Waals surface area contributed by atoms with Gasteiger partial charge in [0.05, 0.1) is 23.8 Å². The molecule has 4 rings (SSSR count). The number of carbonyl (C=O) groups is 4. The van der Waals surface area contributed by atoms with Crippen molar-refractivity contribution in [3.63, 3.8) is 0 Å². The fraction of sp³-hybridized carbons (Fsp3) is 0.440. The number of anilines is 1. The van der Waals surface area contributed by atoms with Gasteiger partial charge in [-0.25, -0.2) is 4.39 Å². The average molecular weight is 533 g/mol. The number of amides is 2. The molecule has 38 heavy (non-hydrogen) atoms. The molecule has 1 aromatic carbocycles. The van der Waals surface area contributed by atoms with Crippen LogP contribution in [0.1, 0.15) is 37.8 Å². The minimum atomic E-state index is -2.86. The van der Waals surface area contributed by atoms with E-state index in [1.165, 1.54) is 0 Å². The van der Waals surface area contributed by atoms with Crippen molar-refractivity contribution < 1.29 is 44.0 Å². The van der Waals surface area contributed by atoms with Crippen molar-refractivity contribution in [1.29, 1.82) is 0 Å². The van der Waals surface area contributed by atoms with Gasteiger partial charge in [-0.2, -0.15) is 0 Å². The third kappa shape index (κ3) is 3.94. The highest BCUT2D eigenvalue weighted by Gasteiger charge is 2.63. The van der Waals surface area contributed by atoms with Crippen LogP contribution in [0.2, 0.25) is 0 Å². The van der Waals surface area contributed by atoms with Crippen LogP contribution in [0.3, 0.4) is 0 Å². The molecule has 0 aromatic heterocycles. The molecule has 12 nitrogen and oxygen atoms in total. The number of rotatable bonds is 6. The highest BCUT2D eigenvalue weighted by atomic mass is 19.1. The number of carbonyl (C=O) groups excluding carboxylic acids is 4. The van der Waals surface area contributed by atoms with Crippen LogP contribution in [-0.4, -0.2) is 68.0 Å². The Balaban J connectivity index is 1.80. The first-order valence-corrected chi connectivity index (χ1v) is 12.1. The van der Waals surface area contributed by atoms with Crippen LogP contribution in [0.5, 0.6) is 5.75 Å². The van der Waals surface area contributed by atoms with Crippen LogP contribution in [-0.2, 0) is 25.6 Å². The molecular formula is C25H29FN4O8. The summed E-state index contributed by atoms with van der Waals surface area (Å²) < 4.78 is 15.2. The maximum atomic E-state index is 15.2. The second-order valence-corrected chi connectivity index (χ2v) is 9.93. The van der Waals surface area contributed by atoms with Gasteiger partial charge in [-0.15, -0.1) is 0 Å². The van der Waals surface area contributed by atoms with Crippen molar-refractivity contribution in [2.75, 3.05) is 11.9 Å². The lowest BCUT2D eigenvalue weighted by atomic mass is 9.58. The Hall–Kier alpha value is -3.81. The summed E-state index contributed by atoms with van der Waals surface area (Å²) in [5.74, 6) is -10.4. The molecular weight excluding hydrogens is 503 g/mol. The van der Waals surface area contributed by atoms with Crippen LogP contribution >= 0.6 is 0 Å². The molecule has 0 radical (unpaired) electrons. The Morgan fingerprint density at radius 2 is 1.92 bits per heavy atom. The summed E-state index contributed by atoms with van der Waals surface area (Å²) in [7, 11) is 0. The molecule has 10 N–H and O–H groups in total. The maximum absolute atomic E-state index is 15.2. The predicted octanol–water partition coefficient (Wildman–Crippen LogP) is -0.173. The number of primary amides is 1. The van der Waals surface area contributed by atoms with Crippen molar-refractivity contribution in [3.05, 3.63) is 39.9 Å². The number of benzene rings is 1. The van der Waals surface area contributed by atoms with Crippen molar-refractivity contribution >= 4 is 34.8 Å². The summed E-state index contributed by atoms with van der Waals surface area (Å²) in [5, 5.41) is 49.2. The van der Waals surface area contributed by atoms with Crippen LogP contribution in [0, 0.1) is 17.7 Å². The highest BCUT2D eigenvalue weighted by molar-refractivity contribution is 6.24. The molecule has 3 aliphatic rings. The van der Waals surface area contributed by atoms with E-state index in [9.17, 15) is 39.6 Å². The van der Waals surface area contributed by atoms with E-state index in [1.807, 2.05) is 13.8 Å². The van der Waals surface area contributed by atoms with Crippen molar-refractivity contribution in [2.24, 2.45) is 23.3 Å². The molecule has 0 spiro atoms. The number of fused-ring (bicyclic) bond motifs is 3. The molecule has 0 aliphatic heterocycles. The molecule has 1 aromatic rings. The van der Waals surface area contributed by atoms with Gasteiger partial charge in [0, 0.05) is 29.2 Å². The number of hydrogen-bond acceptors (Lipinski definition) is 10. The van der Waals surface area contributed by atoms with E-state index >= 15 is 4.39 Å². The molecule has 2 amide bonds. The van der Waals surface area contributed by atoms with E-state index in [0.29, 0.717) is 0 Å². The summed E-state index contributed by atoms with van der Waals surface area (Å²) in [4.78, 5) is 50.3. The molecule has 3 aliphatic carbocycles. The smallest absolute Gasteiger partial charge is 0.255 e. The number of phenolic OH excluding ortho intramolecular Hbond substituents is 1. The molecule has 204 valence electrons. The number of ketones is 2. The third-order valence-electron chi connectivity index (χ3n) is 7.69. The number of hydrogen-bond donors (Lipinski definition) is 8. The zero-order valence-electron chi connectivity index (χ0n) is 20.7. The zero-order chi connectivity index (χ0) is 28.3. The molecule has 13 heteroatoms. The number of halogens is 1. The standard InChI is InChI=1S/C25H29FN4O8/c1-3-8(2)29-7-14(31)30-13-6-12(26)10-4-9-5-11-18(27)21(34)17(24(28)37)23(36)25(11,38)22(35)15(9)20(33)16(10)19(13)32/h6,8-9,11,18,29,32-33,36,38H,3-5,7,27H2,1-2H3,(H2,28,37)(H,30,31)/t8-,9-,11-,18-,25-/m0/s1. The molecule has 5 atom stereocenters. The van der Waals surface area contributed by atoms with Gasteiger partial charge in [0.1, 0.15) is 22.9 Å². The van der Waals surface area contributed by atoms with Crippen molar-refractivity contribution in [1.82, 2.24) is 5.32 Å². The molecule has 0 heterocycles. The number of nitrogens with two attached hydrogens (primary N) is 2. The quantitative estimate of drug-likeness (QED) is 0.178. The van der Waals surface area contributed by atoms with E-state index in [1.54, 1.807) is 0 Å². The third-order valence-corrected chi connectivity index (χ3v) is 7.69. The van der Waals surface area contributed by atoms with Gasteiger partial charge >= 0.3 is 0 Å². The minimum absolute atomic E-state index is 0.0241. The summed E-state index contributed by atoms with van der Waals surface area (Å²) >= 11 is 0. The number of nitrogens with one attached hydrogen (secondary N) is 2. The van der Waals surface area contributed by atoms with E-state index in [4.69, 9.17) is 11.5 Å². The lowest BCUT2D eigenvalue weighted by Crippen LogP contribution is -2.65. The molecule has 0 unspecified atom stereocenters. The maximum Gasteiger partial charge on any atom is 0.255 e.